The number of nitrogens with zero attached hydrogens (tertiary/aromatic N) is 4. The van der Waals surface area contributed by atoms with Crippen molar-refractivity contribution in [3.05, 3.63) is 58.3 Å². The summed E-state index contributed by atoms with van der Waals surface area (Å²) in [4.78, 5) is 31.7. The first-order chi connectivity index (χ1) is 12.8. The SMILES string of the molecule is CC(C)(C)c1cnc(-c2nc(N)c3[nH]c(=O)n(Cc4ccccc4)c3n2)[nH]1. The van der Waals surface area contributed by atoms with Crippen LogP contribution in [0.1, 0.15) is 32.0 Å². The van der Waals surface area contributed by atoms with Crippen LogP contribution in [0.4, 0.5) is 5.82 Å². The molecular formula is C19H21N7O. The van der Waals surface area contributed by atoms with Gasteiger partial charge in [-0.25, -0.2) is 19.7 Å². The first-order valence-corrected chi connectivity index (χ1v) is 8.69. The molecule has 0 radical (unpaired) electrons. The predicted molar refractivity (Wildman–Crippen MR) is 104 cm³/mol. The number of nitrogen functional groups attached to an aromatic ring is 1. The smallest absolute Gasteiger partial charge is 0.328 e. The van der Waals surface area contributed by atoms with Gasteiger partial charge in [0.05, 0.1) is 6.54 Å². The van der Waals surface area contributed by atoms with Crippen LogP contribution in [-0.2, 0) is 12.0 Å². The molecule has 0 saturated carbocycles. The minimum absolute atomic E-state index is 0.0790. The zero-order valence-electron chi connectivity index (χ0n) is 15.4. The summed E-state index contributed by atoms with van der Waals surface area (Å²) < 4.78 is 1.56. The van der Waals surface area contributed by atoms with Crippen LogP contribution in [0, 0.1) is 0 Å². The number of anilines is 1. The third-order valence-corrected chi connectivity index (χ3v) is 4.43. The maximum Gasteiger partial charge on any atom is 0.328 e. The molecule has 0 atom stereocenters. The van der Waals surface area contributed by atoms with Crippen molar-refractivity contribution in [2.45, 2.75) is 32.7 Å². The summed E-state index contributed by atoms with van der Waals surface area (Å²) in [5.74, 6) is 1.09. The molecule has 4 rings (SSSR count). The molecule has 4 N–H and O–H groups in total. The molecule has 0 unspecified atom stereocenters. The molecular weight excluding hydrogens is 342 g/mol. The van der Waals surface area contributed by atoms with Gasteiger partial charge in [-0.05, 0) is 5.56 Å². The zero-order chi connectivity index (χ0) is 19.2. The summed E-state index contributed by atoms with van der Waals surface area (Å²) in [6.45, 7) is 6.66. The zero-order valence-corrected chi connectivity index (χ0v) is 15.4. The number of fused-ring (bicyclic) bond motifs is 1. The van der Waals surface area contributed by atoms with Crippen molar-refractivity contribution < 1.29 is 0 Å². The van der Waals surface area contributed by atoms with Crippen LogP contribution < -0.4 is 11.4 Å². The highest BCUT2D eigenvalue weighted by atomic mass is 16.1. The lowest BCUT2D eigenvalue weighted by molar-refractivity contribution is 0.572. The van der Waals surface area contributed by atoms with Crippen molar-refractivity contribution in [2.24, 2.45) is 0 Å². The van der Waals surface area contributed by atoms with Gasteiger partial charge < -0.3 is 15.7 Å². The van der Waals surface area contributed by atoms with Gasteiger partial charge in [0.15, 0.2) is 23.1 Å². The quantitative estimate of drug-likeness (QED) is 0.517. The summed E-state index contributed by atoms with van der Waals surface area (Å²) in [5, 5.41) is 0. The van der Waals surface area contributed by atoms with Crippen molar-refractivity contribution in [1.29, 1.82) is 0 Å². The maximum absolute atomic E-state index is 12.4. The fraction of sp³-hybridized carbons (Fsp3) is 0.263. The first kappa shape index (κ1) is 17.0. The summed E-state index contributed by atoms with van der Waals surface area (Å²) >= 11 is 0. The van der Waals surface area contributed by atoms with Gasteiger partial charge in [-0.1, -0.05) is 51.1 Å². The van der Waals surface area contributed by atoms with E-state index in [1.54, 1.807) is 10.8 Å². The topological polar surface area (TPSA) is 118 Å². The average molecular weight is 363 g/mol. The number of aromatic nitrogens is 6. The van der Waals surface area contributed by atoms with E-state index in [0.29, 0.717) is 29.4 Å². The Labute approximate surface area is 155 Å². The second kappa shape index (κ2) is 6.08. The van der Waals surface area contributed by atoms with Gasteiger partial charge in [-0.3, -0.25) is 4.57 Å². The minimum Gasteiger partial charge on any atom is -0.382 e. The van der Waals surface area contributed by atoms with Crippen LogP contribution in [0.15, 0.2) is 41.3 Å². The number of nitrogens with two attached hydrogens (primary N) is 1. The average Bonchev–Trinajstić information content (AvgIpc) is 3.23. The summed E-state index contributed by atoms with van der Waals surface area (Å²) in [6, 6.07) is 9.71. The summed E-state index contributed by atoms with van der Waals surface area (Å²) in [5.41, 5.74) is 8.58. The third-order valence-electron chi connectivity index (χ3n) is 4.43. The number of H-pyrrole nitrogens is 2. The Kier molecular flexibility index (Phi) is 3.83. The van der Waals surface area contributed by atoms with Gasteiger partial charge in [0, 0.05) is 17.3 Å². The highest BCUT2D eigenvalue weighted by Crippen LogP contribution is 2.24. The molecule has 0 spiro atoms. The molecule has 0 fully saturated rings. The lowest BCUT2D eigenvalue weighted by atomic mass is 9.93. The Morgan fingerprint density at radius 2 is 1.85 bits per heavy atom. The molecule has 8 heteroatoms. The molecule has 138 valence electrons. The van der Waals surface area contributed by atoms with Gasteiger partial charge in [0.1, 0.15) is 5.52 Å². The van der Waals surface area contributed by atoms with E-state index >= 15 is 0 Å². The summed E-state index contributed by atoms with van der Waals surface area (Å²) in [6.07, 6.45) is 1.77. The Hall–Kier alpha value is -3.42. The molecule has 0 aliphatic rings. The summed E-state index contributed by atoms with van der Waals surface area (Å²) in [7, 11) is 0. The maximum atomic E-state index is 12.4. The number of benzene rings is 1. The van der Waals surface area contributed by atoms with Crippen LogP contribution in [0.25, 0.3) is 22.8 Å². The number of rotatable bonds is 3. The van der Waals surface area contributed by atoms with E-state index in [4.69, 9.17) is 5.73 Å². The molecule has 3 aromatic heterocycles. The van der Waals surface area contributed by atoms with Crippen LogP contribution >= 0.6 is 0 Å². The van der Waals surface area contributed by atoms with Crippen molar-refractivity contribution in [2.75, 3.05) is 5.73 Å². The van der Waals surface area contributed by atoms with E-state index in [1.807, 2.05) is 30.3 Å². The molecule has 0 aliphatic carbocycles. The number of aromatic amines is 2. The Morgan fingerprint density at radius 1 is 1.11 bits per heavy atom. The van der Waals surface area contributed by atoms with E-state index in [1.165, 1.54) is 0 Å². The Bertz CT molecular complexity index is 1160. The van der Waals surface area contributed by atoms with Gasteiger partial charge in [0.25, 0.3) is 0 Å². The van der Waals surface area contributed by atoms with Crippen LogP contribution in [-0.4, -0.2) is 29.5 Å². The van der Waals surface area contributed by atoms with Crippen LogP contribution in [0.2, 0.25) is 0 Å². The number of hydrogen-bond donors (Lipinski definition) is 3. The molecule has 4 aromatic rings. The van der Waals surface area contributed by atoms with Gasteiger partial charge >= 0.3 is 5.69 Å². The minimum atomic E-state index is -0.276. The third kappa shape index (κ3) is 3.10. The van der Waals surface area contributed by atoms with E-state index < -0.39 is 0 Å². The normalized spacial score (nSPS) is 12.0. The molecule has 0 amide bonds. The fourth-order valence-corrected chi connectivity index (χ4v) is 2.89. The number of nitrogens with one attached hydrogen (secondary N) is 2. The highest BCUT2D eigenvalue weighted by molar-refractivity contribution is 5.83. The first-order valence-electron chi connectivity index (χ1n) is 8.69. The second-order valence-electron chi connectivity index (χ2n) is 7.53. The number of imidazole rings is 2. The van der Waals surface area contributed by atoms with Crippen molar-refractivity contribution in [3.8, 4) is 11.6 Å². The standard InChI is InChI=1S/C19H21N7O/c1-19(2,3)12-9-21-15(22-12)16-24-14(20)13-17(25-16)26(18(27)23-13)10-11-7-5-4-6-8-11/h4-9H,10H2,1-3H3,(H,21,22)(H,23,27)(H2,20,24,25). The molecule has 1 aromatic carbocycles. The molecule has 27 heavy (non-hydrogen) atoms. The van der Waals surface area contributed by atoms with Crippen molar-refractivity contribution in [1.82, 2.24) is 29.5 Å². The molecule has 0 aliphatic heterocycles. The molecule has 0 bridgehead atoms. The van der Waals surface area contributed by atoms with Crippen molar-refractivity contribution >= 4 is 17.0 Å². The van der Waals surface area contributed by atoms with Gasteiger partial charge in [-0.15, -0.1) is 0 Å². The van der Waals surface area contributed by atoms with Gasteiger partial charge in [-0.2, -0.15) is 0 Å². The lowest BCUT2D eigenvalue weighted by Gasteiger charge is -2.14. The van der Waals surface area contributed by atoms with E-state index in [-0.39, 0.29) is 16.9 Å². The van der Waals surface area contributed by atoms with E-state index in [0.717, 1.165) is 11.3 Å². The van der Waals surface area contributed by atoms with Gasteiger partial charge in [0.2, 0.25) is 0 Å². The largest absolute Gasteiger partial charge is 0.382 e. The Balaban J connectivity index is 1.84. The lowest BCUT2D eigenvalue weighted by Crippen LogP contribution is -2.17. The molecule has 8 nitrogen and oxygen atoms in total. The second-order valence-corrected chi connectivity index (χ2v) is 7.53. The van der Waals surface area contributed by atoms with Crippen LogP contribution in [0.3, 0.4) is 0 Å². The Morgan fingerprint density at radius 3 is 2.52 bits per heavy atom. The molecule has 0 saturated heterocycles. The monoisotopic (exact) mass is 363 g/mol. The predicted octanol–water partition coefficient (Wildman–Crippen LogP) is 2.44. The fourth-order valence-electron chi connectivity index (χ4n) is 2.89. The van der Waals surface area contributed by atoms with Crippen molar-refractivity contribution in [3.63, 3.8) is 0 Å². The highest BCUT2D eigenvalue weighted by Gasteiger charge is 2.20. The van der Waals surface area contributed by atoms with Crippen LogP contribution in [0.5, 0.6) is 0 Å². The van der Waals surface area contributed by atoms with E-state index in [2.05, 4.69) is 45.7 Å². The van der Waals surface area contributed by atoms with E-state index in [9.17, 15) is 4.79 Å². The number of hydrogen-bond acceptors (Lipinski definition) is 5. The molecule has 3 heterocycles.